The summed E-state index contributed by atoms with van der Waals surface area (Å²) in [6.07, 6.45) is -5.51. The first-order valence-corrected chi connectivity index (χ1v) is 19.4. The molecule has 2 amide bonds. The molecule has 0 aromatic heterocycles. The van der Waals surface area contributed by atoms with Gasteiger partial charge in [-0.15, -0.1) is 0 Å². The lowest BCUT2D eigenvalue weighted by Gasteiger charge is -2.44. The van der Waals surface area contributed by atoms with Crippen LogP contribution in [-0.2, 0) is 38.8 Å². The molecule has 0 bridgehead atoms. The van der Waals surface area contributed by atoms with Gasteiger partial charge in [0.05, 0.1) is 18.8 Å². The van der Waals surface area contributed by atoms with E-state index in [1.165, 1.54) is 5.56 Å². The number of rotatable bonds is 11. The molecule has 4 aromatic carbocycles. The summed E-state index contributed by atoms with van der Waals surface area (Å²) in [5, 5.41) is 12.4. The van der Waals surface area contributed by atoms with Crippen molar-refractivity contribution in [2.24, 2.45) is 5.92 Å². The number of piperazine rings is 1. The molecule has 9 nitrogen and oxygen atoms in total. The third-order valence-electron chi connectivity index (χ3n) is 11.2. The van der Waals surface area contributed by atoms with Crippen molar-refractivity contribution in [2.75, 3.05) is 39.3 Å². The number of hydrogen-bond acceptors (Lipinski definition) is 7. The van der Waals surface area contributed by atoms with Gasteiger partial charge in [-0.1, -0.05) is 97.9 Å². The van der Waals surface area contributed by atoms with Crippen molar-refractivity contribution < 1.29 is 37.3 Å². The van der Waals surface area contributed by atoms with E-state index in [4.69, 9.17) is 9.47 Å². The molecule has 3 fully saturated rings. The number of likely N-dealkylation sites (tertiary alicyclic amines) is 1. The highest BCUT2D eigenvalue weighted by molar-refractivity contribution is 5.90. The van der Waals surface area contributed by atoms with Crippen molar-refractivity contribution in [3.8, 4) is 11.1 Å². The average Bonchev–Trinajstić information content (AvgIpc) is 3.71. The van der Waals surface area contributed by atoms with Gasteiger partial charge < -0.3 is 24.8 Å². The predicted octanol–water partition coefficient (Wildman–Crippen LogP) is 6.62. The van der Waals surface area contributed by atoms with Crippen molar-refractivity contribution in [3.05, 3.63) is 131 Å². The fraction of sp³-hybridized carbons (Fsp3) is 0.409. The molecule has 56 heavy (non-hydrogen) atoms. The van der Waals surface area contributed by atoms with Crippen LogP contribution in [0.4, 0.5) is 13.2 Å². The van der Waals surface area contributed by atoms with E-state index in [1.807, 2.05) is 78.9 Å². The number of hydrogen-bond donors (Lipinski definition) is 2. The molecule has 0 saturated carbocycles. The summed E-state index contributed by atoms with van der Waals surface area (Å²) in [4.78, 5) is 30.4. The van der Waals surface area contributed by atoms with Crippen molar-refractivity contribution in [1.82, 2.24) is 20.0 Å². The lowest BCUT2D eigenvalue weighted by molar-refractivity contribution is -0.276. The highest BCUT2D eigenvalue weighted by Gasteiger charge is 2.47. The van der Waals surface area contributed by atoms with Gasteiger partial charge in [0.25, 0.3) is 0 Å². The molecule has 4 aromatic rings. The van der Waals surface area contributed by atoms with Crippen LogP contribution >= 0.6 is 0 Å². The van der Waals surface area contributed by atoms with Crippen LogP contribution in [-0.4, -0.2) is 89.2 Å². The van der Waals surface area contributed by atoms with Crippen molar-refractivity contribution >= 4 is 11.8 Å². The van der Waals surface area contributed by atoms with Crippen LogP contribution in [0, 0.1) is 5.92 Å². The monoisotopic (exact) mass is 770 g/mol. The summed E-state index contributed by atoms with van der Waals surface area (Å²) >= 11 is 0. The number of halogens is 3. The van der Waals surface area contributed by atoms with Crippen molar-refractivity contribution in [2.45, 2.75) is 70.2 Å². The van der Waals surface area contributed by atoms with Gasteiger partial charge >= 0.3 is 12.1 Å². The first kappa shape index (κ1) is 39.6. The molecule has 2 N–H and O–H groups in total. The van der Waals surface area contributed by atoms with Crippen LogP contribution in [0.1, 0.15) is 60.0 Å². The third kappa shape index (κ3) is 9.50. The normalized spacial score (nSPS) is 23.6. The Hall–Kier alpha value is -4.59. The van der Waals surface area contributed by atoms with E-state index in [0.717, 1.165) is 72.6 Å². The molecule has 3 heterocycles. The number of nitrogens with zero attached hydrogens (tertiary/aromatic N) is 3. The molecule has 3 aliphatic rings. The topological polar surface area (TPSA) is 94.6 Å². The van der Waals surface area contributed by atoms with Gasteiger partial charge in [0.2, 0.25) is 5.91 Å². The summed E-state index contributed by atoms with van der Waals surface area (Å²) in [6.45, 7) is 7.68. The molecule has 296 valence electrons. The summed E-state index contributed by atoms with van der Waals surface area (Å²) in [7, 11) is 0. The maximum absolute atomic E-state index is 13.1. The first-order valence-electron chi connectivity index (χ1n) is 19.4. The van der Waals surface area contributed by atoms with Gasteiger partial charge in [0, 0.05) is 63.8 Å². The van der Waals surface area contributed by atoms with E-state index in [0.29, 0.717) is 11.3 Å². The van der Waals surface area contributed by atoms with Crippen molar-refractivity contribution in [1.29, 1.82) is 0 Å². The van der Waals surface area contributed by atoms with Gasteiger partial charge in [-0.3, -0.25) is 19.4 Å². The second kappa shape index (κ2) is 17.7. The number of carbonyl (C=O) groups is 2. The summed E-state index contributed by atoms with van der Waals surface area (Å²) in [5.41, 5.74) is 6.60. The highest BCUT2D eigenvalue weighted by Crippen LogP contribution is 2.42. The lowest BCUT2D eigenvalue weighted by atomic mass is 9.89. The molecule has 0 radical (unpaired) electrons. The molecule has 12 heteroatoms. The first-order chi connectivity index (χ1) is 27.1. The molecular weight excluding hydrogens is 722 g/mol. The van der Waals surface area contributed by atoms with Gasteiger partial charge in [-0.05, 0) is 58.4 Å². The molecular formula is C44H49F3N4O5. The van der Waals surface area contributed by atoms with Gasteiger partial charge in [-0.2, -0.15) is 13.2 Å². The average molecular weight is 771 g/mol. The molecule has 0 aliphatic carbocycles. The fourth-order valence-corrected chi connectivity index (χ4v) is 8.03. The third-order valence-corrected chi connectivity index (χ3v) is 11.2. The lowest BCUT2D eigenvalue weighted by Crippen LogP contribution is -2.51. The maximum atomic E-state index is 13.1. The van der Waals surface area contributed by atoms with Gasteiger partial charge in [0.1, 0.15) is 6.04 Å². The van der Waals surface area contributed by atoms with E-state index < -0.39 is 30.3 Å². The Morgan fingerprint density at radius 3 is 2.16 bits per heavy atom. The Bertz CT molecular complexity index is 1940. The predicted molar refractivity (Wildman–Crippen MR) is 206 cm³/mol. The number of aliphatic hydroxyl groups excluding tert-OH is 1. The minimum atomic E-state index is -5.02. The van der Waals surface area contributed by atoms with Crippen LogP contribution in [0.2, 0.25) is 0 Å². The Morgan fingerprint density at radius 2 is 1.45 bits per heavy atom. The summed E-state index contributed by atoms with van der Waals surface area (Å²) in [6, 6.07) is 32.9. The van der Waals surface area contributed by atoms with Crippen LogP contribution in [0.15, 0.2) is 103 Å². The number of alkyl halides is 3. The highest BCUT2D eigenvalue weighted by atomic mass is 19.4. The Kier molecular flexibility index (Phi) is 12.5. The Labute approximate surface area is 326 Å². The molecule has 7 rings (SSSR count). The minimum Gasteiger partial charge on any atom is -0.392 e. The number of nitrogens with one attached hydrogen (secondary N) is 1. The minimum absolute atomic E-state index is 0.0333. The smallest absolute Gasteiger partial charge is 0.392 e. The van der Waals surface area contributed by atoms with Crippen LogP contribution in [0.3, 0.4) is 0 Å². The second-order valence-corrected chi connectivity index (χ2v) is 15.1. The summed E-state index contributed by atoms with van der Waals surface area (Å²) in [5.74, 6) is -2.53. The van der Waals surface area contributed by atoms with E-state index in [9.17, 15) is 27.9 Å². The van der Waals surface area contributed by atoms with E-state index in [1.54, 1.807) is 0 Å². The van der Waals surface area contributed by atoms with Crippen LogP contribution in [0.25, 0.3) is 11.1 Å². The number of benzene rings is 4. The molecule has 0 unspecified atom stereocenters. The SMILES string of the molecule is C[C@@H]1[C@H](CN2CCN(Cc3ccccc3)CC2)O[C@H](c2cccc(-c3cccc(CNC(=O)[C@@H]4CCCN4C(=O)C(F)(F)F)c3)c2)O[C@@H]1c1ccc(CO)cc1. The Morgan fingerprint density at radius 1 is 0.768 bits per heavy atom. The molecule has 5 atom stereocenters. The summed E-state index contributed by atoms with van der Waals surface area (Å²) < 4.78 is 52.9. The van der Waals surface area contributed by atoms with E-state index in [2.05, 4.69) is 46.3 Å². The zero-order valence-electron chi connectivity index (χ0n) is 31.5. The number of aliphatic hydroxyl groups is 1. The van der Waals surface area contributed by atoms with E-state index in [-0.39, 0.29) is 44.2 Å². The van der Waals surface area contributed by atoms with E-state index >= 15 is 0 Å². The van der Waals surface area contributed by atoms with Crippen LogP contribution in [0.5, 0.6) is 0 Å². The molecule has 3 aliphatic heterocycles. The number of carbonyl (C=O) groups excluding carboxylic acids is 2. The zero-order valence-corrected chi connectivity index (χ0v) is 31.5. The fourth-order valence-electron chi connectivity index (χ4n) is 8.03. The zero-order chi connectivity index (χ0) is 39.2. The number of amides is 2. The number of ether oxygens (including phenoxy) is 2. The quantitative estimate of drug-likeness (QED) is 0.177. The maximum Gasteiger partial charge on any atom is 0.471 e. The van der Waals surface area contributed by atoms with Gasteiger partial charge in [-0.25, -0.2) is 0 Å². The molecule has 3 saturated heterocycles. The standard InChI is InChI=1S/C44H49F3N4O5/c1-30-39(28-50-22-20-49(21-23-50)27-31-8-3-2-4-9-31)55-42(56-40(30)34-17-15-32(29-52)16-18-34)37-13-6-12-36(25-37)35-11-5-10-33(24-35)26-48-41(53)38-14-7-19-51(38)43(54)44(45,46)47/h2-6,8-13,15-18,24-25,30,38-40,42,52H,7,14,19-23,26-29H2,1H3,(H,48,53)/t30-,38+,39+,40+,42+/m1/s1. The van der Waals surface area contributed by atoms with Crippen LogP contribution < -0.4 is 5.32 Å². The van der Waals surface area contributed by atoms with Gasteiger partial charge in [0.15, 0.2) is 6.29 Å². The Balaban J connectivity index is 1.04. The second-order valence-electron chi connectivity index (χ2n) is 15.1. The largest absolute Gasteiger partial charge is 0.471 e. The molecule has 0 spiro atoms. The van der Waals surface area contributed by atoms with Crippen molar-refractivity contribution in [3.63, 3.8) is 0 Å².